The Morgan fingerprint density at radius 3 is 2.55 bits per heavy atom. The number of rotatable bonds is 10. The Hall–Kier alpha value is -1.85. The molecule has 0 saturated carbocycles. The maximum Gasteiger partial charge on any atom is 0.330 e. The lowest BCUT2D eigenvalue weighted by atomic mass is 10.2. The zero-order chi connectivity index (χ0) is 14.6. The maximum atomic E-state index is 10.8. The van der Waals surface area contributed by atoms with Gasteiger partial charge in [0.25, 0.3) is 0 Å². The van der Waals surface area contributed by atoms with Crippen LogP contribution in [0.25, 0.3) is 0 Å². The van der Waals surface area contributed by atoms with Crippen molar-refractivity contribution in [3.63, 3.8) is 0 Å². The number of benzene rings is 1. The van der Waals surface area contributed by atoms with Crippen molar-refractivity contribution in [3.05, 3.63) is 42.5 Å². The van der Waals surface area contributed by atoms with Gasteiger partial charge in [-0.25, -0.2) is 14.6 Å². The Morgan fingerprint density at radius 2 is 1.90 bits per heavy atom. The average molecular weight is 280 g/mol. The second-order valence-electron chi connectivity index (χ2n) is 4.00. The molecule has 1 rings (SSSR count). The predicted molar refractivity (Wildman–Crippen MR) is 74.1 cm³/mol. The first-order valence-corrected chi connectivity index (χ1v) is 6.43. The van der Waals surface area contributed by atoms with Gasteiger partial charge in [-0.1, -0.05) is 18.7 Å². The van der Waals surface area contributed by atoms with E-state index in [-0.39, 0.29) is 5.97 Å². The molecule has 0 aliphatic rings. The molecule has 110 valence electrons. The van der Waals surface area contributed by atoms with Crippen LogP contribution in [0.4, 0.5) is 0 Å². The van der Waals surface area contributed by atoms with Crippen molar-refractivity contribution in [1.29, 1.82) is 0 Å². The molecule has 0 radical (unpaired) electrons. The molecule has 5 nitrogen and oxygen atoms in total. The second-order valence-corrected chi connectivity index (χ2v) is 4.00. The van der Waals surface area contributed by atoms with E-state index >= 15 is 0 Å². The van der Waals surface area contributed by atoms with Crippen LogP contribution in [0, 0.1) is 0 Å². The highest BCUT2D eigenvalue weighted by atomic mass is 17.2. The van der Waals surface area contributed by atoms with Crippen molar-refractivity contribution in [2.75, 3.05) is 20.3 Å². The fourth-order valence-corrected chi connectivity index (χ4v) is 1.43. The van der Waals surface area contributed by atoms with Gasteiger partial charge in [-0.05, 0) is 30.5 Å². The van der Waals surface area contributed by atoms with Gasteiger partial charge in [0.15, 0.2) is 0 Å². The number of hydrogen-bond acceptors (Lipinski definition) is 5. The second kappa shape index (κ2) is 10.00. The highest BCUT2D eigenvalue weighted by molar-refractivity contribution is 5.81. The van der Waals surface area contributed by atoms with Gasteiger partial charge in [0, 0.05) is 6.08 Å². The van der Waals surface area contributed by atoms with E-state index in [1.54, 1.807) is 0 Å². The number of carbonyl (C=O) groups is 1. The van der Waals surface area contributed by atoms with Crippen molar-refractivity contribution in [1.82, 2.24) is 0 Å². The molecule has 0 fully saturated rings. The molecule has 0 heterocycles. The van der Waals surface area contributed by atoms with Crippen LogP contribution in [0.3, 0.4) is 0 Å². The molecular weight excluding hydrogens is 260 g/mol. The normalized spacial score (nSPS) is 10.1. The third kappa shape index (κ3) is 6.92. The Kier molecular flexibility index (Phi) is 8.10. The molecule has 0 aliphatic carbocycles. The number of unbranched alkanes of at least 4 members (excludes halogenated alkanes) is 1. The fourth-order valence-electron chi connectivity index (χ4n) is 1.43. The summed E-state index contributed by atoms with van der Waals surface area (Å²) >= 11 is 0. The lowest BCUT2D eigenvalue weighted by molar-refractivity contribution is -0.282. The van der Waals surface area contributed by atoms with Crippen LogP contribution in [-0.4, -0.2) is 26.3 Å². The van der Waals surface area contributed by atoms with Gasteiger partial charge in [-0.3, -0.25) is 0 Å². The Balaban J connectivity index is 2.12. The Labute approximate surface area is 119 Å². The van der Waals surface area contributed by atoms with E-state index in [1.165, 1.54) is 7.11 Å². The molecule has 20 heavy (non-hydrogen) atoms. The number of esters is 1. The van der Waals surface area contributed by atoms with Crippen LogP contribution >= 0.6 is 0 Å². The first kappa shape index (κ1) is 16.2. The predicted octanol–water partition coefficient (Wildman–Crippen LogP) is 2.65. The summed E-state index contributed by atoms with van der Waals surface area (Å²) in [5.41, 5.74) is 1.01. The van der Waals surface area contributed by atoms with Crippen molar-refractivity contribution in [2.24, 2.45) is 0 Å². The lowest BCUT2D eigenvalue weighted by Crippen LogP contribution is -2.04. The van der Waals surface area contributed by atoms with Gasteiger partial charge in [0.2, 0.25) is 0 Å². The van der Waals surface area contributed by atoms with Gasteiger partial charge in [0.05, 0.1) is 20.3 Å². The molecule has 0 N–H and O–H groups in total. The monoisotopic (exact) mass is 280 g/mol. The van der Waals surface area contributed by atoms with Crippen LogP contribution in [0.2, 0.25) is 0 Å². The van der Waals surface area contributed by atoms with E-state index in [0.717, 1.165) is 30.2 Å². The summed E-state index contributed by atoms with van der Waals surface area (Å²) in [7, 11) is 1.48. The molecule has 0 bridgehead atoms. The summed E-state index contributed by atoms with van der Waals surface area (Å²) in [4.78, 5) is 20.1. The summed E-state index contributed by atoms with van der Waals surface area (Å²) in [5.74, 6) is 0.411. The molecule has 1 aromatic rings. The van der Waals surface area contributed by atoms with E-state index in [2.05, 4.69) is 11.5 Å². The minimum atomic E-state index is -0.389. The maximum absolute atomic E-state index is 10.8. The number of ether oxygens (including phenoxy) is 2. The van der Waals surface area contributed by atoms with Gasteiger partial charge in [0.1, 0.15) is 12.4 Å². The standard InChI is InChI=1S/C15H20O5/c1-3-15(16)19-11-5-4-10-18-14-8-6-13(7-9-14)12-20-17-2/h3,6-9H,1,4-5,10-12H2,2H3. The smallest absolute Gasteiger partial charge is 0.330 e. The first-order valence-electron chi connectivity index (χ1n) is 6.43. The molecule has 5 heteroatoms. The van der Waals surface area contributed by atoms with Crippen molar-refractivity contribution >= 4 is 5.97 Å². The molecule has 0 amide bonds. The molecule has 0 unspecified atom stereocenters. The quantitative estimate of drug-likeness (QED) is 0.217. The number of hydrogen-bond donors (Lipinski definition) is 0. The van der Waals surface area contributed by atoms with Crippen molar-refractivity contribution in [3.8, 4) is 5.75 Å². The third-order valence-electron chi connectivity index (χ3n) is 2.49. The van der Waals surface area contributed by atoms with E-state index in [0.29, 0.717) is 19.8 Å². The van der Waals surface area contributed by atoms with Crippen LogP contribution in [0.5, 0.6) is 5.75 Å². The summed E-state index contributed by atoms with van der Waals surface area (Å²) in [6, 6.07) is 7.60. The summed E-state index contributed by atoms with van der Waals surface area (Å²) < 4.78 is 10.4. The largest absolute Gasteiger partial charge is 0.494 e. The van der Waals surface area contributed by atoms with E-state index in [4.69, 9.17) is 14.4 Å². The van der Waals surface area contributed by atoms with Gasteiger partial charge < -0.3 is 9.47 Å². The number of carbonyl (C=O) groups excluding carboxylic acids is 1. The van der Waals surface area contributed by atoms with Crippen LogP contribution in [0.15, 0.2) is 36.9 Å². The summed E-state index contributed by atoms with van der Waals surface area (Å²) in [5, 5.41) is 0. The molecule has 0 spiro atoms. The average Bonchev–Trinajstić information content (AvgIpc) is 2.49. The highest BCUT2D eigenvalue weighted by Crippen LogP contribution is 2.13. The third-order valence-corrected chi connectivity index (χ3v) is 2.49. The minimum absolute atomic E-state index is 0.389. The van der Waals surface area contributed by atoms with E-state index in [1.807, 2.05) is 24.3 Å². The minimum Gasteiger partial charge on any atom is -0.494 e. The molecule has 1 aromatic carbocycles. The van der Waals surface area contributed by atoms with E-state index < -0.39 is 0 Å². The Bertz CT molecular complexity index is 399. The van der Waals surface area contributed by atoms with Crippen molar-refractivity contribution in [2.45, 2.75) is 19.4 Å². The highest BCUT2D eigenvalue weighted by Gasteiger charge is 1.98. The molecular formula is C15H20O5. The van der Waals surface area contributed by atoms with Crippen LogP contribution < -0.4 is 4.74 Å². The van der Waals surface area contributed by atoms with Crippen LogP contribution in [-0.2, 0) is 25.9 Å². The van der Waals surface area contributed by atoms with Gasteiger partial charge in [-0.2, -0.15) is 0 Å². The van der Waals surface area contributed by atoms with Gasteiger partial charge >= 0.3 is 5.97 Å². The SMILES string of the molecule is C=CC(=O)OCCCCOc1ccc(COOC)cc1. The lowest BCUT2D eigenvalue weighted by Gasteiger charge is -2.07. The first-order chi connectivity index (χ1) is 9.76. The fraction of sp³-hybridized carbons (Fsp3) is 0.400. The summed E-state index contributed by atoms with van der Waals surface area (Å²) in [6.07, 6.45) is 2.74. The van der Waals surface area contributed by atoms with E-state index in [9.17, 15) is 4.79 Å². The summed E-state index contributed by atoms with van der Waals surface area (Å²) in [6.45, 7) is 4.71. The molecule has 0 aromatic heterocycles. The zero-order valence-electron chi connectivity index (χ0n) is 11.7. The molecule has 0 aliphatic heterocycles. The van der Waals surface area contributed by atoms with Crippen LogP contribution in [0.1, 0.15) is 18.4 Å². The Morgan fingerprint density at radius 1 is 1.20 bits per heavy atom. The van der Waals surface area contributed by atoms with Crippen molar-refractivity contribution < 1.29 is 24.0 Å². The topological polar surface area (TPSA) is 54.0 Å². The zero-order valence-corrected chi connectivity index (χ0v) is 11.7. The molecule has 0 saturated heterocycles. The van der Waals surface area contributed by atoms with Gasteiger partial charge in [-0.15, -0.1) is 0 Å². The molecule has 0 atom stereocenters.